The van der Waals surface area contributed by atoms with Crippen molar-refractivity contribution in [2.24, 2.45) is 0 Å². The Morgan fingerprint density at radius 2 is 1.91 bits per heavy atom. The summed E-state index contributed by atoms with van der Waals surface area (Å²) in [6, 6.07) is 9.76. The molecule has 2 N–H and O–H groups in total. The number of rotatable bonds is 9. The molecule has 1 aromatic carbocycles. The summed E-state index contributed by atoms with van der Waals surface area (Å²) in [6.07, 6.45) is 0.788. The molecule has 10 nitrogen and oxygen atoms in total. The van der Waals surface area contributed by atoms with E-state index in [2.05, 4.69) is 15.0 Å². The molecule has 1 unspecified atom stereocenters. The van der Waals surface area contributed by atoms with Gasteiger partial charge in [-0.1, -0.05) is 30.3 Å². The second-order valence-electron chi connectivity index (χ2n) is 7.85. The van der Waals surface area contributed by atoms with Crippen molar-refractivity contribution in [2.75, 3.05) is 54.1 Å². The fraction of sp³-hybridized carbons (Fsp3) is 0.455. The van der Waals surface area contributed by atoms with Crippen LogP contribution in [-0.2, 0) is 17.4 Å². The molecule has 2 aromatic heterocycles. The number of fused-ring (bicyclic) bond motifs is 1. The average Bonchev–Trinajstić information content (AvgIpc) is 2.83. The van der Waals surface area contributed by atoms with E-state index >= 15 is 0 Å². The number of aliphatic hydroxyl groups excluding tert-OH is 2. The van der Waals surface area contributed by atoms with Gasteiger partial charge in [-0.15, -0.1) is 0 Å². The quantitative estimate of drug-likeness (QED) is 0.461. The summed E-state index contributed by atoms with van der Waals surface area (Å²) in [5.41, 5.74) is 1.99. The maximum atomic E-state index is 11.9. The van der Waals surface area contributed by atoms with Crippen LogP contribution in [0.2, 0.25) is 0 Å². The molecule has 3 aromatic rings. The van der Waals surface area contributed by atoms with Crippen LogP contribution in [0.25, 0.3) is 11.0 Å². The predicted molar refractivity (Wildman–Crippen MR) is 127 cm³/mol. The first-order valence-corrected chi connectivity index (χ1v) is 12.4. The molecule has 33 heavy (non-hydrogen) atoms. The van der Waals surface area contributed by atoms with Crippen LogP contribution in [0.3, 0.4) is 0 Å². The Kier molecular flexibility index (Phi) is 7.63. The van der Waals surface area contributed by atoms with Gasteiger partial charge in [0.25, 0.3) is 0 Å². The summed E-state index contributed by atoms with van der Waals surface area (Å²) in [5.74, 6) is 2.38. The van der Waals surface area contributed by atoms with Crippen LogP contribution in [0.15, 0.2) is 36.7 Å². The van der Waals surface area contributed by atoms with E-state index in [0.29, 0.717) is 59.9 Å². The minimum Gasteiger partial charge on any atom is -0.471 e. The first-order chi connectivity index (χ1) is 16.0. The highest BCUT2D eigenvalue weighted by Crippen LogP contribution is 2.30. The van der Waals surface area contributed by atoms with E-state index in [1.54, 1.807) is 11.8 Å². The summed E-state index contributed by atoms with van der Waals surface area (Å²) >= 11 is 0. The molecule has 1 fully saturated rings. The second-order valence-corrected chi connectivity index (χ2v) is 9.55. The molecule has 11 heteroatoms. The Labute approximate surface area is 194 Å². The van der Waals surface area contributed by atoms with Crippen LogP contribution >= 0.6 is 0 Å². The van der Waals surface area contributed by atoms with E-state index in [1.807, 2.05) is 35.2 Å². The molecule has 0 saturated carbocycles. The lowest BCUT2D eigenvalue weighted by Crippen LogP contribution is -2.39. The van der Waals surface area contributed by atoms with Gasteiger partial charge in [0.15, 0.2) is 11.3 Å². The van der Waals surface area contributed by atoms with E-state index in [-0.39, 0.29) is 19.7 Å². The summed E-state index contributed by atoms with van der Waals surface area (Å²) in [7, 11) is -0.841. The Balaban J connectivity index is 1.77. The molecule has 3 heterocycles. The highest BCUT2D eigenvalue weighted by Gasteiger charge is 2.24. The first-order valence-electron chi connectivity index (χ1n) is 10.9. The molecule has 1 atom stereocenters. The number of hydrogen-bond acceptors (Lipinski definition) is 10. The molecule has 0 aliphatic carbocycles. The molecule has 176 valence electrons. The molecule has 1 saturated heterocycles. The maximum Gasteiger partial charge on any atom is 0.244 e. The molecular weight excluding hydrogens is 444 g/mol. The van der Waals surface area contributed by atoms with Crippen LogP contribution in [-0.4, -0.2) is 84.8 Å². The highest BCUT2D eigenvalue weighted by molar-refractivity contribution is 7.85. The lowest BCUT2D eigenvalue weighted by atomic mass is 10.2. The van der Waals surface area contributed by atoms with Crippen molar-refractivity contribution < 1.29 is 19.2 Å². The SMILES string of the molecule is CC(O)CN(CCO)c1nc(N2CCS(=O)CC2)c2ncnc(OCc3ccccc3)c2n1. The van der Waals surface area contributed by atoms with E-state index in [0.717, 1.165) is 5.56 Å². The van der Waals surface area contributed by atoms with Crippen LogP contribution in [0, 0.1) is 0 Å². The van der Waals surface area contributed by atoms with Crippen molar-refractivity contribution in [3.63, 3.8) is 0 Å². The largest absolute Gasteiger partial charge is 0.471 e. The van der Waals surface area contributed by atoms with Crippen LogP contribution in [0.4, 0.5) is 11.8 Å². The van der Waals surface area contributed by atoms with Gasteiger partial charge in [-0.3, -0.25) is 4.21 Å². The van der Waals surface area contributed by atoms with Crippen molar-refractivity contribution in [3.05, 3.63) is 42.2 Å². The fourth-order valence-electron chi connectivity index (χ4n) is 3.66. The number of aliphatic hydroxyl groups is 2. The molecule has 0 radical (unpaired) electrons. The Bertz CT molecular complexity index is 1090. The Morgan fingerprint density at radius 1 is 1.15 bits per heavy atom. The molecule has 1 aliphatic rings. The first kappa shape index (κ1) is 23.3. The number of anilines is 2. The second kappa shape index (κ2) is 10.8. The van der Waals surface area contributed by atoms with Gasteiger partial charge in [0.05, 0.1) is 12.7 Å². The van der Waals surface area contributed by atoms with Crippen molar-refractivity contribution in [2.45, 2.75) is 19.6 Å². The fourth-order valence-corrected chi connectivity index (χ4v) is 4.71. The topological polar surface area (TPSA) is 125 Å². The van der Waals surface area contributed by atoms with E-state index in [1.165, 1.54) is 6.33 Å². The van der Waals surface area contributed by atoms with Crippen LogP contribution in [0.5, 0.6) is 5.88 Å². The number of aromatic nitrogens is 4. The van der Waals surface area contributed by atoms with Gasteiger partial charge in [0, 0.05) is 48.5 Å². The third-order valence-corrected chi connectivity index (χ3v) is 6.53. The van der Waals surface area contributed by atoms with Crippen molar-refractivity contribution in [3.8, 4) is 5.88 Å². The molecule has 0 bridgehead atoms. The number of benzene rings is 1. The average molecular weight is 473 g/mol. The smallest absolute Gasteiger partial charge is 0.244 e. The summed E-state index contributed by atoms with van der Waals surface area (Å²) < 4.78 is 17.9. The minimum absolute atomic E-state index is 0.116. The minimum atomic E-state index is -0.841. The zero-order valence-corrected chi connectivity index (χ0v) is 19.3. The molecular formula is C22H28N6O4S. The summed E-state index contributed by atoms with van der Waals surface area (Å²) in [4.78, 5) is 22.0. The van der Waals surface area contributed by atoms with Gasteiger partial charge in [-0.2, -0.15) is 9.97 Å². The normalized spacial score (nSPS) is 15.5. The van der Waals surface area contributed by atoms with Crippen LogP contribution in [0.1, 0.15) is 12.5 Å². The van der Waals surface area contributed by atoms with Crippen molar-refractivity contribution >= 4 is 33.6 Å². The maximum absolute atomic E-state index is 11.9. The summed E-state index contributed by atoms with van der Waals surface area (Å²) in [6.45, 7) is 3.55. The molecule has 0 spiro atoms. The van der Waals surface area contributed by atoms with E-state index in [4.69, 9.17) is 9.72 Å². The lowest BCUT2D eigenvalue weighted by Gasteiger charge is -2.30. The molecule has 1 aliphatic heterocycles. The Morgan fingerprint density at radius 3 is 2.61 bits per heavy atom. The zero-order chi connectivity index (χ0) is 23.2. The monoisotopic (exact) mass is 472 g/mol. The van der Waals surface area contributed by atoms with Gasteiger partial charge >= 0.3 is 0 Å². The van der Waals surface area contributed by atoms with Gasteiger partial charge < -0.3 is 24.7 Å². The predicted octanol–water partition coefficient (Wildman–Crippen LogP) is 0.747. The number of nitrogens with zero attached hydrogens (tertiary/aromatic N) is 6. The third kappa shape index (κ3) is 5.73. The molecule has 4 rings (SSSR count). The summed E-state index contributed by atoms with van der Waals surface area (Å²) in [5, 5.41) is 19.5. The van der Waals surface area contributed by atoms with Gasteiger partial charge in [0.2, 0.25) is 11.8 Å². The zero-order valence-electron chi connectivity index (χ0n) is 18.5. The number of hydrogen-bond donors (Lipinski definition) is 2. The van der Waals surface area contributed by atoms with Gasteiger partial charge in [0.1, 0.15) is 18.5 Å². The van der Waals surface area contributed by atoms with Crippen LogP contribution < -0.4 is 14.5 Å². The molecule has 0 amide bonds. The number of ether oxygens (including phenoxy) is 1. The standard InChI is InChI=1S/C22H28N6O4S/c1-16(30)13-28(7-10-29)22-25-19-18(20(26-22)27-8-11-33(31)12-9-27)23-15-24-21(19)32-14-17-5-3-2-4-6-17/h2-6,15-16,29-30H,7-14H2,1H3. The lowest BCUT2D eigenvalue weighted by molar-refractivity contribution is 0.196. The van der Waals surface area contributed by atoms with Gasteiger partial charge in [-0.25, -0.2) is 9.97 Å². The third-order valence-electron chi connectivity index (χ3n) is 5.25. The van der Waals surface area contributed by atoms with E-state index in [9.17, 15) is 14.4 Å². The highest BCUT2D eigenvalue weighted by atomic mass is 32.2. The Hall–Kier alpha value is -2.89. The van der Waals surface area contributed by atoms with Gasteiger partial charge in [-0.05, 0) is 12.5 Å². The van der Waals surface area contributed by atoms with E-state index < -0.39 is 16.9 Å². The van der Waals surface area contributed by atoms with Crippen molar-refractivity contribution in [1.82, 2.24) is 19.9 Å². The van der Waals surface area contributed by atoms with Crippen molar-refractivity contribution in [1.29, 1.82) is 0 Å².